The zero-order valence-electron chi connectivity index (χ0n) is 10.8. The first-order valence-corrected chi connectivity index (χ1v) is 6.90. The van der Waals surface area contributed by atoms with Crippen molar-refractivity contribution in [3.8, 4) is 0 Å². The molecule has 2 aromatic rings. The molecular weight excluding hydrogens is 254 g/mol. The zero-order valence-corrected chi connectivity index (χ0v) is 10.8. The van der Waals surface area contributed by atoms with E-state index in [4.69, 9.17) is 0 Å². The molecule has 0 radical (unpaired) electrons. The van der Waals surface area contributed by atoms with E-state index in [1.165, 1.54) is 0 Å². The standard InChI is InChI=1S/C15H15N3O2/c19-14(11-6-8-1-2-9(11)5-8)16-10-3-4-12-13(7-10)18-15(20)17-12/h1-4,7-9,11H,5-6H2,(H,16,19)(H2,17,18,20). The van der Waals surface area contributed by atoms with Gasteiger partial charge < -0.3 is 15.3 Å². The third-order valence-corrected chi connectivity index (χ3v) is 4.40. The molecule has 1 amide bonds. The summed E-state index contributed by atoms with van der Waals surface area (Å²) in [4.78, 5) is 28.9. The van der Waals surface area contributed by atoms with Gasteiger partial charge in [0.25, 0.3) is 0 Å². The highest BCUT2D eigenvalue weighted by Gasteiger charge is 2.39. The van der Waals surface area contributed by atoms with Gasteiger partial charge in [-0.3, -0.25) is 4.79 Å². The number of hydrogen-bond acceptors (Lipinski definition) is 2. The summed E-state index contributed by atoms with van der Waals surface area (Å²) in [5.41, 5.74) is 1.95. The van der Waals surface area contributed by atoms with Crippen molar-refractivity contribution in [2.75, 3.05) is 5.32 Å². The quantitative estimate of drug-likeness (QED) is 0.729. The lowest BCUT2D eigenvalue weighted by molar-refractivity contribution is -0.120. The van der Waals surface area contributed by atoms with Gasteiger partial charge in [0.1, 0.15) is 0 Å². The fraction of sp³-hybridized carbons (Fsp3) is 0.333. The van der Waals surface area contributed by atoms with Crippen LogP contribution in [0.25, 0.3) is 11.0 Å². The molecule has 2 aliphatic carbocycles. The van der Waals surface area contributed by atoms with E-state index >= 15 is 0 Å². The van der Waals surface area contributed by atoms with Crippen LogP contribution in [0.4, 0.5) is 5.69 Å². The molecule has 1 fully saturated rings. The third-order valence-electron chi connectivity index (χ3n) is 4.40. The second-order valence-electron chi connectivity index (χ2n) is 5.72. The van der Waals surface area contributed by atoms with Crippen LogP contribution >= 0.6 is 0 Å². The smallest absolute Gasteiger partial charge is 0.323 e. The van der Waals surface area contributed by atoms with Gasteiger partial charge in [-0.05, 0) is 42.9 Å². The molecule has 1 saturated carbocycles. The lowest BCUT2D eigenvalue weighted by Gasteiger charge is -2.17. The molecule has 3 N–H and O–H groups in total. The molecule has 2 aliphatic rings. The Morgan fingerprint density at radius 1 is 1.15 bits per heavy atom. The van der Waals surface area contributed by atoms with Crippen LogP contribution in [0, 0.1) is 17.8 Å². The van der Waals surface area contributed by atoms with E-state index in [2.05, 4.69) is 27.4 Å². The minimum atomic E-state index is -0.235. The maximum Gasteiger partial charge on any atom is 0.323 e. The summed E-state index contributed by atoms with van der Waals surface area (Å²) >= 11 is 0. The number of aromatic nitrogens is 2. The third kappa shape index (κ3) is 1.78. The molecule has 4 rings (SSSR count). The fourth-order valence-corrected chi connectivity index (χ4v) is 3.43. The van der Waals surface area contributed by atoms with Crippen molar-refractivity contribution >= 4 is 22.6 Å². The molecule has 2 bridgehead atoms. The van der Waals surface area contributed by atoms with Gasteiger partial charge in [-0.2, -0.15) is 0 Å². The summed E-state index contributed by atoms with van der Waals surface area (Å²) in [5, 5.41) is 2.96. The van der Waals surface area contributed by atoms with Gasteiger partial charge in [0.05, 0.1) is 11.0 Å². The predicted molar refractivity (Wildman–Crippen MR) is 76.4 cm³/mol. The van der Waals surface area contributed by atoms with Crippen molar-refractivity contribution in [2.24, 2.45) is 17.8 Å². The Kier molecular flexibility index (Phi) is 2.36. The highest BCUT2D eigenvalue weighted by molar-refractivity contribution is 5.95. The number of rotatable bonds is 2. The summed E-state index contributed by atoms with van der Waals surface area (Å²) in [6.07, 6.45) is 6.47. The normalized spacial score (nSPS) is 27.3. The first-order chi connectivity index (χ1) is 9.69. The van der Waals surface area contributed by atoms with Crippen LogP contribution in [0.15, 0.2) is 35.1 Å². The van der Waals surface area contributed by atoms with E-state index in [0.717, 1.165) is 24.0 Å². The number of amides is 1. The van der Waals surface area contributed by atoms with Crippen molar-refractivity contribution < 1.29 is 4.79 Å². The van der Waals surface area contributed by atoms with Gasteiger partial charge >= 0.3 is 5.69 Å². The number of fused-ring (bicyclic) bond motifs is 3. The number of carbonyl (C=O) groups excluding carboxylic acids is 1. The number of carbonyl (C=O) groups is 1. The average Bonchev–Trinajstić information content (AvgIpc) is 3.11. The van der Waals surface area contributed by atoms with Crippen LogP contribution in [0.2, 0.25) is 0 Å². The van der Waals surface area contributed by atoms with Crippen molar-refractivity contribution in [3.05, 3.63) is 40.8 Å². The van der Waals surface area contributed by atoms with Crippen LogP contribution in [0.5, 0.6) is 0 Å². The van der Waals surface area contributed by atoms with Crippen molar-refractivity contribution in [1.29, 1.82) is 0 Å². The van der Waals surface area contributed by atoms with Crippen LogP contribution in [-0.2, 0) is 4.79 Å². The minimum absolute atomic E-state index is 0.0825. The van der Waals surface area contributed by atoms with Gasteiger partial charge in [-0.15, -0.1) is 0 Å². The number of anilines is 1. The first-order valence-electron chi connectivity index (χ1n) is 6.90. The summed E-state index contributed by atoms with van der Waals surface area (Å²) in [7, 11) is 0. The maximum atomic E-state index is 12.3. The molecule has 1 heterocycles. The molecule has 20 heavy (non-hydrogen) atoms. The minimum Gasteiger partial charge on any atom is -0.326 e. The summed E-state index contributed by atoms with van der Waals surface area (Å²) in [6.45, 7) is 0. The van der Waals surface area contributed by atoms with E-state index in [1.54, 1.807) is 12.1 Å². The Labute approximate surface area is 115 Å². The lowest BCUT2D eigenvalue weighted by Crippen LogP contribution is -2.25. The summed E-state index contributed by atoms with van der Waals surface area (Å²) < 4.78 is 0. The first kappa shape index (κ1) is 11.5. The molecule has 0 saturated heterocycles. The number of allylic oxidation sites excluding steroid dienone is 2. The summed E-state index contributed by atoms with van der Waals surface area (Å²) in [6, 6.07) is 5.39. The second-order valence-corrected chi connectivity index (χ2v) is 5.72. The van der Waals surface area contributed by atoms with Crippen molar-refractivity contribution in [2.45, 2.75) is 12.8 Å². The Bertz CT molecular complexity index is 771. The number of benzene rings is 1. The maximum absolute atomic E-state index is 12.3. The molecule has 1 aromatic heterocycles. The van der Waals surface area contributed by atoms with Crippen LogP contribution in [0.3, 0.4) is 0 Å². The molecule has 102 valence electrons. The van der Waals surface area contributed by atoms with Crippen LogP contribution in [-0.4, -0.2) is 15.9 Å². The van der Waals surface area contributed by atoms with Gasteiger partial charge in [0, 0.05) is 11.6 Å². The SMILES string of the molecule is O=C(Nc1ccc2[nH]c(=O)[nH]c2c1)C1CC2C=CC1C2. The van der Waals surface area contributed by atoms with E-state index in [0.29, 0.717) is 17.4 Å². The number of imidazole rings is 1. The molecule has 0 spiro atoms. The second kappa shape index (κ2) is 4.10. The van der Waals surface area contributed by atoms with Crippen LogP contribution in [0.1, 0.15) is 12.8 Å². The molecular formula is C15H15N3O2. The predicted octanol–water partition coefficient (Wildman–Crippen LogP) is 2.01. The Morgan fingerprint density at radius 2 is 2.00 bits per heavy atom. The van der Waals surface area contributed by atoms with E-state index in [1.807, 2.05) is 6.07 Å². The van der Waals surface area contributed by atoms with Crippen molar-refractivity contribution in [3.63, 3.8) is 0 Å². The fourth-order valence-electron chi connectivity index (χ4n) is 3.43. The molecule has 1 aromatic carbocycles. The topological polar surface area (TPSA) is 77.8 Å². The zero-order chi connectivity index (χ0) is 13.7. The lowest BCUT2D eigenvalue weighted by atomic mass is 9.93. The van der Waals surface area contributed by atoms with E-state index in [9.17, 15) is 9.59 Å². The average molecular weight is 269 g/mol. The van der Waals surface area contributed by atoms with Crippen LogP contribution < -0.4 is 11.0 Å². The van der Waals surface area contributed by atoms with Gasteiger partial charge in [0.2, 0.25) is 5.91 Å². The Morgan fingerprint density at radius 3 is 2.75 bits per heavy atom. The number of H-pyrrole nitrogens is 2. The number of nitrogens with one attached hydrogen (secondary N) is 3. The highest BCUT2D eigenvalue weighted by atomic mass is 16.2. The molecule has 5 nitrogen and oxygen atoms in total. The largest absolute Gasteiger partial charge is 0.326 e. The number of aromatic amines is 2. The summed E-state index contributed by atoms with van der Waals surface area (Å²) in [5.74, 6) is 1.15. The van der Waals surface area contributed by atoms with Crippen molar-refractivity contribution in [1.82, 2.24) is 9.97 Å². The van der Waals surface area contributed by atoms with Gasteiger partial charge in [0.15, 0.2) is 0 Å². The molecule has 3 unspecified atom stereocenters. The van der Waals surface area contributed by atoms with Gasteiger partial charge in [-0.25, -0.2) is 4.79 Å². The Hall–Kier alpha value is -2.30. The number of hydrogen-bond donors (Lipinski definition) is 3. The van der Waals surface area contributed by atoms with E-state index < -0.39 is 0 Å². The van der Waals surface area contributed by atoms with Gasteiger partial charge in [-0.1, -0.05) is 12.2 Å². The Balaban J connectivity index is 1.56. The molecule has 5 heteroatoms. The van der Waals surface area contributed by atoms with E-state index in [-0.39, 0.29) is 17.5 Å². The molecule has 3 atom stereocenters. The monoisotopic (exact) mass is 269 g/mol. The molecule has 0 aliphatic heterocycles. The highest BCUT2D eigenvalue weighted by Crippen LogP contribution is 2.43.